The van der Waals surface area contributed by atoms with E-state index in [4.69, 9.17) is 0 Å². The van der Waals surface area contributed by atoms with E-state index in [2.05, 4.69) is 4.98 Å². The summed E-state index contributed by atoms with van der Waals surface area (Å²) in [5, 5.41) is 0.932. The van der Waals surface area contributed by atoms with Crippen molar-refractivity contribution < 1.29 is 9.59 Å². The van der Waals surface area contributed by atoms with Gasteiger partial charge < -0.3 is 0 Å². The van der Waals surface area contributed by atoms with Crippen LogP contribution in [0.2, 0.25) is 0 Å². The zero-order valence-electron chi connectivity index (χ0n) is 10.5. The van der Waals surface area contributed by atoms with Crippen LogP contribution in [0.25, 0.3) is 0 Å². The second-order valence-electron chi connectivity index (χ2n) is 4.82. The second-order valence-corrected chi connectivity index (χ2v) is 5.93. The number of carbonyl (C=O) groups excluding carboxylic acids is 2. The number of rotatable bonds is 2. The fraction of sp³-hybridized carbons (Fsp3) is 0.583. The van der Waals surface area contributed by atoms with E-state index in [1.807, 2.05) is 27.7 Å². The molecule has 4 nitrogen and oxygen atoms in total. The van der Waals surface area contributed by atoms with Crippen molar-refractivity contribution in [3.63, 3.8) is 0 Å². The molecule has 2 amide bonds. The van der Waals surface area contributed by atoms with Crippen LogP contribution in [-0.4, -0.2) is 27.7 Å². The molecule has 0 aromatic carbocycles. The number of imide groups is 1. The number of carbonyl (C=O) groups is 2. The lowest BCUT2D eigenvalue weighted by Crippen LogP contribution is -2.46. The molecular formula is C12H16N2O2S. The Hall–Kier alpha value is -1.23. The maximum atomic E-state index is 12.2. The summed E-state index contributed by atoms with van der Waals surface area (Å²) in [7, 11) is 0. The van der Waals surface area contributed by atoms with Crippen LogP contribution in [0.15, 0.2) is 0 Å². The van der Waals surface area contributed by atoms with Crippen molar-refractivity contribution >= 4 is 23.2 Å². The largest absolute Gasteiger partial charge is 0.280 e. The highest BCUT2D eigenvalue weighted by Crippen LogP contribution is 2.30. The first-order valence-corrected chi connectivity index (χ1v) is 6.59. The zero-order chi connectivity index (χ0) is 12.7. The van der Waals surface area contributed by atoms with Crippen LogP contribution >= 0.6 is 11.3 Å². The first-order chi connectivity index (χ1) is 7.91. The average Bonchev–Trinajstić information content (AvgIpc) is 2.60. The van der Waals surface area contributed by atoms with Gasteiger partial charge in [0.25, 0.3) is 5.91 Å². The van der Waals surface area contributed by atoms with Gasteiger partial charge in [0.1, 0.15) is 5.69 Å². The second kappa shape index (κ2) is 4.22. The zero-order valence-corrected chi connectivity index (χ0v) is 11.3. The Morgan fingerprint density at radius 3 is 2.41 bits per heavy atom. The normalized spacial score (nSPS) is 16.0. The lowest BCUT2D eigenvalue weighted by molar-refractivity contribution is -0.129. The van der Waals surface area contributed by atoms with Gasteiger partial charge in [0.15, 0.2) is 0 Å². The fourth-order valence-electron chi connectivity index (χ4n) is 1.88. The van der Waals surface area contributed by atoms with E-state index >= 15 is 0 Å². The van der Waals surface area contributed by atoms with Crippen LogP contribution in [0.1, 0.15) is 54.0 Å². The average molecular weight is 252 g/mol. The number of aromatic nitrogens is 1. The Morgan fingerprint density at radius 2 is 1.88 bits per heavy atom. The molecule has 0 fully saturated rings. The van der Waals surface area contributed by atoms with E-state index in [0.29, 0.717) is 18.0 Å². The van der Waals surface area contributed by atoms with Gasteiger partial charge in [-0.2, -0.15) is 0 Å². The quantitative estimate of drug-likeness (QED) is 0.758. The molecule has 0 saturated heterocycles. The molecular weight excluding hydrogens is 236 g/mol. The summed E-state index contributed by atoms with van der Waals surface area (Å²) in [6.45, 7) is 7.76. The number of hydrogen-bond acceptors (Lipinski definition) is 4. The third-order valence-electron chi connectivity index (χ3n) is 2.73. The number of hydrogen-bond donors (Lipinski definition) is 0. The van der Waals surface area contributed by atoms with Crippen molar-refractivity contribution in [3.05, 3.63) is 15.6 Å². The maximum Gasteiger partial charge on any atom is 0.280 e. The Kier molecular flexibility index (Phi) is 3.03. The van der Waals surface area contributed by atoms with Crippen LogP contribution < -0.4 is 0 Å². The van der Waals surface area contributed by atoms with Gasteiger partial charge in [0, 0.05) is 16.8 Å². The van der Waals surface area contributed by atoms with E-state index in [-0.39, 0.29) is 17.9 Å². The Morgan fingerprint density at radius 1 is 1.24 bits per heavy atom. The molecule has 0 unspecified atom stereocenters. The summed E-state index contributed by atoms with van der Waals surface area (Å²) in [5.74, 6) is -0.0631. The summed E-state index contributed by atoms with van der Waals surface area (Å²) < 4.78 is 0. The van der Waals surface area contributed by atoms with Gasteiger partial charge >= 0.3 is 0 Å². The summed E-state index contributed by atoms with van der Waals surface area (Å²) >= 11 is 1.49. The molecule has 1 aliphatic rings. The smallest absolute Gasteiger partial charge is 0.274 e. The van der Waals surface area contributed by atoms with Gasteiger partial charge in [-0.15, -0.1) is 11.3 Å². The SMILES string of the molecule is CC(C)c1nc2c(s1)CC(=O)N(C(C)C)C2=O. The van der Waals surface area contributed by atoms with Crippen LogP contribution in [0.3, 0.4) is 0 Å². The van der Waals surface area contributed by atoms with E-state index in [1.54, 1.807) is 0 Å². The maximum absolute atomic E-state index is 12.2. The van der Waals surface area contributed by atoms with E-state index < -0.39 is 0 Å². The van der Waals surface area contributed by atoms with Gasteiger partial charge in [-0.25, -0.2) is 4.98 Å². The predicted octanol–water partition coefficient (Wildman–Crippen LogP) is 2.20. The van der Waals surface area contributed by atoms with Crippen LogP contribution in [0, 0.1) is 0 Å². The Bertz CT molecular complexity index is 477. The lowest BCUT2D eigenvalue weighted by Gasteiger charge is -2.27. The Balaban J connectivity index is 2.44. The molecule has 0 aliphatic carbocycles. The van der Waals surface area contributed by atoms with E-state index in [9.17, 15) is 9.59 Å². The van der Waals surface area contributed by atoms with Gasteiger partial charge in [-0.3, -0.25) is 14.5 Å². The molecule has 0 spiro atoms. The number of thiazole rings is 1. The molecule has 0 saturated carbocycles. The summed E-state index contributed by atoms with van der Waals surface area (Å²) in [4.78, 5) is 30.5. The van der Waals surface area contributed by atoms with Crippen molar-refractivity contribution in [2.24, 2.45) is 0 Å². The van der Waals surface area contributed by atoms with Gasteiger partial charge in [0.2, 0.25) is 5.91 Å². The Labute approximate surface area is 105 Å². The van der Waals surface area contributed by atoms with Gasteiger partial charge in [0.05, 0.1) is 11.4 Å². The van der Waals surface area contributed by atoms with E-state index in [0.717, 1.165) is 9.88 Å². The molecule has 5 heteroatoms. The highest BCUT2D eigenvalue weighted by Gasteiger charge is 2.35. The number of fused-ring (bicyclic) bond motifs is 1. The van der Waals surface area contributed by atoms with Crippen LogP contribution in [0.5, 0.6) is 0 Å². The first-order valence-electron chi connectivity index (χ1n) is 5.77. The van der Waals surface area contributed by atoms with Crippen molar-refractivity contribution in [1.29, 1.82) is 0 Å². The summed E-state index contributed by atoms with van der Waals surface area (Å²) in [5.41, 5.74) is 0.479. The van der Waals surface area contributed by atoms with E-state index in [1.165, 1.54) is 16.2 Å². The minimum absolute atomic E-state index is 0.104. The fourth-order valence-corrected chi connectivity index (χ4v) is 2.93. The van der Waals surface area contributed by atoms with Crippen molar-refractivity contribution in [3.8, 4) is 0 Å². The number of nitrogens with zero attached hydrogens (tertiary/aromatic N) is 2. The van der Waals surface area contributed by atoms with Crippen LogP contribution in [0.4, 0.5) is 0 Å². The molecule has 0 radical (unpaired) electrons. The predicted molar refractivity (Wildman–Crippen MR) is 66.2 cm³/mol. The molecule has 0 bridgehead atoms. The molecule has 1 aromatic rings. The monoisotopic (exact) mass is 252 g/mol. The molecule has 1 aromatic heterocycles. The van der Waals surface area contributed by atoms with Crippen molar-refractivity contribution in [2.75, 3.05) is 0 Å². The highest BCUT2D eigenvalue weighted by atomic mass is 32.1. The van der Waals surface area contributed by atoms with Gasteiger partial charge in [-0.05, 0) is 13.8 Å². The minimum atomic E-state index is -0.241. The standard InChI is InChI=1S/C12H16N2O2S/c1-6(2)11-13-10-8(17-11)5-9(15)14(7(3)4)12(10)16/h6-7H,5H2,1-4H3. The molecule has 17 heavy (non-hydrogen) atoms. The van der Waals surface area contributed by atoms with Crippen molar-refractivity contribution in [2.45, 2.75) is 46.1 Å². The molecule has 1 aliphatic heterocycles. The lowest BCUT2D eigenvalue weighted by atomic mass is 10.1. The summed E-state index contributed by atoms with van der Waals surface area (Å²) in [6.07, 6.45) is 0.309. The van der Waals surface area contributed by atoms with Gasteiger partial charge in [-0.1, -0.05) is 13.8 Å². The molecule has 92 valence electrons. The molecule has 2 rings (SSSR count). The molecule has 0 N–H and O–H groups in total. The number of amides is 2. The van der Waals surface area contributed by atoms with Crippen LogP contribution in [-0.2, 0) is 11.2 Å². The molecule has 0 atom stereocenters. The summed E-state index contributed by atoms with van der Waals surface area (Å²) in [6, 6.07) is -0.104. The van der Waals surface area contributed by atoms with Crippen molar-refractivity contribution in [1.82, 2.24) is 9.88 Å². The topological polar surface area (TPSA) is 50.3 Å². The highest BCUT2D eigenvalue weighted by molar-refractivity contribution is 7.12. The third kappa shape index (κ3) is 1.99. The third-order valence-corrected chi connectivity index (χ3v) is 4.08. The first kappa shape index (κ1) is 12.2. The minimum Gasteiger partial charge on any atom is -0.274 e. The molecule has 2 heterocycles.